The normalized spacial score (nSPS) is 21.0. The summed E-state index contributed by atoms with van der Waals surface area (Å²) in [6, 6.07) is 0. The van der Waals surface area contributed by atoms with E-state index in [2.05, 4.69) is 0 Å². The first-order valence-electron chi connectivity index (χ1n) is 1.55. The molecule has 0 aromatic carbocycles. The molecule has 0 heterocycles. The van der Waals surface area contributed by atoms with E-state index in [9.17, 15) is 0 Å². The molecule has 0 bridgehead atoms. The van der Waals surface area contributed by atoms with Gasteiger partial charge >= 0.3 is 29.6 Å². The Bertz CT molecular complexity index is 26.1. The second-order valence-corrected chi connectivity index (χ2v) is 1.87. The number of hydrogen-bond donors (Lipinski definition) is 0. The maximum atomic E-state index is 4.73. The molecule has 0 aliphatic heterocycles. The molecule has 0 atom stereocenters. The maximum Gasteiger partial charge on any atom is 1.00 e. The molecule has 1 aliphatic rings. The molecule has 1 rings (SSSR count). The third-order valence-corrected chi connectivity index (χ3v) is 0.996. The van der Waals surface area contributed by atoms with E-state index in [1.165, 1.54) is 12.8 Å². The minimum atomic E-state index is 0. The van der Waals surface area contributed by atoms with Gasteiger partial charge in [0.05, 0.1) is 0 Å². The Labute approximate surface area is 60.0 Å². The summed E-state index contributed by atoms with van der Waals surface area (Å²) >= 11 is 4.73. The minimum Gasteiger partial charge on any atom is -0.789 e. The molecule has 0 radical (unpaired) electrons. The van der Waals surface area contributed by atoms with Gasteiger partial charge in [-0.2, -0.15) is 5.25 Å². The van der Waals surface area contributed by atoms with Crippen molar-refractivity contribution in [3.05, 3.63) is 0 Å². The van der Waals surface area contributed by atoms with E-state index in [-0.39, 0.29) is 29.6 Å². The van der Waals surface area contributed by atoms with Gasteiger partial charge in [-0.3, -0.25) is 0 Å². The van der Waals surface area contributed by atoms with Crippen LogP contribution in [-0.4, -0.2) is 5.25 Å². The molecule has 1 saturated carbocycles. The van der Waals surface area contributed by atoms with E-state index in [1.54, 1.807) is 0 Å². The van der Waals surface area contributed by atoms with Crippen LogP contribution < -0.4 is 29.6 Å². The van der Waals surface area contributed by atoms with Crippen molar-refractivity contribution in [3.63, 3.8) is 0 Å². The first kappa shape index (κ1) is 6.35. The quantitative estimate of drug-likeness (QED) is 0.241. The SMILES string of the molecule is [Na+].[S-]C1CC1. The van der Waals surface area contributed by atoms with Crippen LogP contribution in [0.5, 0.6) is 0 Å². The number of rotatable bonds is 0. The zero-order valence-electron chi connectivity index (χ0n) is 3.40. The molecule has 1 fully saturated rings. The third kappa shape index (κ3) is 3.17. The summed E-state index contributed by atoms with van der Waals surface area (Å²) < 4.78 is 0. The van der Waals surface area contributed by atoms with Crippen molar-refractivity contribution in [2.24, 2.45) is 0 Å². The van der Waals surface area contributed by atoms with Crippen LogP contribution in [0.3, 0.4) is 0 Å². The van der Waals surface area contributed by atoms with Gasteiger partial charge in [0.15, 0.2) is 0 Å². The molecule has 0 amide bonds. The van der Waals surface area contributed by atoms with Gasteiger partial charge in [0.25, 0.3) is 0 Å². The summed E-state index contributed by atoms with van der Waals surface area (Å²) in [5.74, 6) is 0. The standard InChI is InChI=1S/C3H6S.Na/c4-3-1-2-3;/h3-4H,1-2H2;/q;+1/p-1. The van der Waals surface area contributed by atoms with Crippen LogP contribution in [0.1, 0.15) is 12.8 Å². The summed E-state index contributed by atoms with van der Waals surface area (Å²) in [6.45, 7) is 0. The topological polar surface area (TPSA) is 0 Å². The summed E-state index contributed by atoms with van der Waals surface area (Å²) in [7, 11) is 0. The Morgan fingerprint density at radius 3 is 1.60 bits per heavy atom. The van der Waals surface area contributed by atoms with Gasteiger partial charge in [-0.15, -0.1) is 0 Å². The summed E-state index contributed by atoms with van der Waals surface area (Å²) in [5, 5.41) is 0.667. The second kappa shape index (κ2) is 2.51. The van der Waals surface area contributed by atoms with E-state index >= 15 is 0 Å². The first-order valence-corrected chi connectivity index (χ1v) is 2.02. The van der Waals surface area contributed by atoms with Gasteiger partial charge in [0.1, 0.15) is 0 Å². The average molecular weight is 96.1 g/mol. The largest absolute Gasteiger partial charge is 1.00 e. The molecule has 0 nitrogen and oxygen atoms in total. The zero-order valence-corrected chi connectivity index (χ0v) is 6.22. The van der Waals surface area contributed by atoms with Crippen molar-refractivity contribution in [1.29, 1.82) is 0 Å². The summed E-state index contributed by atoms with van der Waals surface area (Å²) in [5.41, 5.74) is 0. The van der Waals surface area contributed by atoms with Crippen LogP contribution in [0.4, 0.5) is 0 Å². The molecule has 5 heavy (non-hydrogen) atoms. The first-order chi connectivity index (χ1) is 1.89. The fourth-order valence-corrected chi connectivity index (χ4v) is 0.204. The molecule has 0 spiro atoms. The van der Waals surface area contributed by atoms with Gasteiger partial charge in [-0.25, -0.2) is 0 Å². The van der Waals surface area contributed by atoms with Crippen LogP contribution in [0, 0.1) is 0 Å². The Balaban J connectivity index is 0.000000160. The molecule has 2 heteroatoms. The van der Waals surface area contributed by atoms with Crippen LogP contribution in [0.15, 0.2) is 0 Å². The van der Waals surface area contributed by atoms with Gasteiger partial charge in [0, 0.05) is 0 Å². The maximum absolute atomic E-state index is 4.73. The third-order valence-electron chi connectivity index (χ3n) is 0.524. The Morgan fingerprint density at radius 2 is 1.60 bits per heavy atom. The molecule has 0 aromatic rings. The molecule has 0 aromatic heterocycles. The predicted octanol–water partition coefficient (Wildman–Crippen LogP) is -2.30. The fraction of sp³-hybridized carbons (Fsp3) is 1.00. The molecule has 24 valence electrons. The van der Waals surface area contributed by atoms with E-state index in [1.807, 2.05) is 0 Å². The monoisotopic (exact) mass is 96.0 g/mol. The van der Waals surface area contributed by atoms with Gasteiger partial charge in [0.2, 0.25) is 0 Å². The number of hydrogen-bond acceptors (Lipinski definition) is 1. The average Bonchev–Trinajstić information content (AvgIpc) is 1.75. The molecular weight excluding hydrogens is 91.1 g/mol. The smallest absolute Gasteiger partial charge is 0.789 e. The Morgan fingerprint density at radius 1 is 1.40 bits per heavy atom. The summed E-state index contributed by atoms with van der Waals surface area (Å²) in [4.78, 5) is 0. The second-order valence-electron chi connectivity index (χ2n) is 1.20. The van der Waals surface area contributed by atoms with Crippen molar-refractivity contribution in [1.82, 2.24) is 0 Å². The van der Waals surface area contributed by atoms with Crippen LogP contribution in [0.2, 0.25) is 0 Å². The Hall–Kier alpha value is 1.35. The van der Waals surface area contributed by atoms with Gasteiger partial charge < -0.3 is 12.6 Å². The van der Waals surface area contributed by atoms with Crippen molar-refractivity contribution in [2.75, 3.05) is 0 Å². The molecule has 0 saturated heterocycles. The zero-order chi connectivity index (χ0) is 2.99. The predicted molar refractivity (Wildman–Crippen MR) is 20.4 cm³/mol. The van der Waals surface area contributed by atoms with Crippen molar-refractivity contribution >= 4 is 12.6 Å². The minimum absolute atomic E-state index is 0. The molecule has 1 aliphatic carbocycles. The van der Waals surface area contributed by atoms with Crippen molar-refractivity contribution < 1.29 is 29.6 Å². The molecule has 0 N–H and O–H groups in total. The van der Waals surface area contributed by atoms with Crippen LogP contribution in [-0.2, 0) is 12.6 Å². The van der Waals surface area contributed by atoms with E-state index in [0.29, 0.717) is 5.25 Å². The van der Waals surface area contributed by atoms with Gasteiger partial charge in [-0.1, -0.05) is 12.8 Å². The van der Waals surface area contributed by atoms with E-state index in [4.69, 9.17) is 12.6 Å². The molecular formula is C3H5NaS. The van der Waals surface area contributed by atoms with Crippen molar-refractivity contribution in [2.45, 2.75) is 18.1 Å². The van der Waals surface area contributed by atoms with E-state index < -0.39 is 0 Å². The van der Waals surface area contributed by atoms with Crippen molar-refractivity contribution in [3.8, 4) is 0 Å². The van der Waals surface area contributed by atoms with Crippen LogP contribution >= 0.6 is 0 Å². The van der Waals surface area contributed by atoms with Crippen LogP contribution in [0.25, 0.3) is 0 Å². The molecule has 0 unspecified atom stereocenters. The van der Waals surface area contributed by atoms with Gasteiger partial charge in [-0.05, 0) is 0 Å². The Kier molecular flexibility index (Phi) is 3.19. The summed E-state index contributed by atoms with van der Waals surface area (Å²) in [6.07, 6.45) is 2.60. The fourth-order valence-electron chi connectivity index (χ4n) is 0.0680. The van der Waals surface area contributed by atoms with E-state index in [0.717, 1.165) is 0 Å².